The Morgan fingerprint density at radius 1 is 1.17 bits per heavy atom. The van der Waals surface area contributed by atoms with Crippen LogP contribution in [0.25, 0.3) is 10.9 Å². The molecule has 1 aromatic carbocycles. The van der Waals surface area contributed by atoms with Crippen molar-refractivity contribution in [1.82, 2.24) is 14.5 Å². The second kappa shape index (κ2) is 6.79. The minimum absolute atomic E-state index is 0.461. The van der Waals surface area contributed by atoms with Gasteiger partial charge in [-0.3, -0.25) is 9.88 Å². The average molecular weight is 424 g/mol. The standard InChI is InChI=1S/C24H26ClN3O2/c1-15-3-4-16(13-26-15)24(29-9-10-30-24)14-28-20-7-5-17(25)11-19(20)23-21-8-6-18(27(21)2)12-22(23)28/h3-5,7,11,13,18,21H,6,8-10,12,14H2,1-2H3. The summed E-state index contributed by atoms with van der Waals surface area (Å²) in [5, 5.41) is 2.06. The van der Waals surface area contributed by atoms with Crippen molar-refractivity contribution in [2.75, 3.05) is 20.3 Å². The van der Waals surface area contributed by atoms with Gasteiger partial charge in [-0.15, -0.1) is 0 Å². The molecule has 2 fully saturated rings. The van der Waals surface area contributed by atoms with Gasteiger partial charge in [0.2, 0.25) is 5.79 Å². The Hall–Kier alpha value is -1.92. The first-order chi connectivity index (χ1) is 14.6. The molecule has 3 aromatic rings. The van der Waals surface area contributed by atoms with E-state index >= 15 is 0 Å². The summed E-state index contributed by atoms with van der Waals surface area (Å²) >= 11 is 6.44. The molecule has 6 rings (SSSR count). The summed E-state index contributed by atoms with van der Waals surface area (Å²) < 4.78 is 15.0. The number of benzene rings is 1. The highest BCUT2D eigenvalue weighted by Gasteiger charge is 2.44. The maximum atomic E-state index is 6.44. The smallest absolute Gasteiger partial charge is 0.215 e. The molecule has 156 valence electrons. The molecule has 6 heteroatoms. The third kappa shape index (κ3) is 2.69. The van der Waals surface area contributed by atoms with Gasteiger partial charge in [-0.1, -0.05) is 17.7 Å². The molecule has 2 atom stereocenters. The van der Waals surface area contributed by atoms with Crippen LogP contribution in [0.1, 0.15) is 41.4 Å². The van der Waals surface area contributed by atoms with E-state index in [0.717, 1.165) is 22.7 Å². The normalized spacial score (nSPS) is 25.2. The molecule has 0 amide bonds. The van der Waals surface area contributed by atoms with E-state index in [1.807, 2.05) is 25.3 Å². The number of nitrogens with zero attached hydrogens (tertiary/aromatic N) is 3. The topological polar surface area (TPSA) is 39.5 Å². The monoisotopic (exact) mass is 423 g/mol. The number of hydrogen-bond acceptors (Lipinski definition) is 4. The van der Waals surface area contributed by atoms with Gasteiger partial charge in [-0.05, 0) is 56.6 Å². The highest BCUT2D eigenvalue weighted by atomic mass is 35.5. The first kappa shape index (κ1) is 18.8. The van der Waals surface area contributed by atoms with E-state index in [1.165, 1.54) is 35.0 Å². The van der Waals surface area contributed by atoms with Crippen LogP contribution < -0.4 is 0 Å². The summed E-state index contributed by atoms with van der Waals surface area (Å²) in [6, 6.07) is 11.5. The van der Waals surface area contributed by atoms with E-state index in [4.69, 9.17) is 21.1 Å². The van der Waals surface area contributed by atoms with Gasteiger partial charge in [0.1, 0.15) is 0 Å². The van der Waals surface area contributed by atoms with Crippen LogP contribution in [0.5, 0.6) is 0 Å². The van der Waals surface area contributed by atoms with E-state index < -0.39 is 5.79 Å². The molecular weight excluding hydrogens is 398 g/mol. The highest BCUT2D eigenvalue weighted by Crippen LogP contribution is 2.48. The number of halogens is 1. The minimum Gasteiger partial charge on any atom is -0.342 e. The number of aryl methyl sites for hydroxylation is 1. The van der Waals surface area contributed by atoms with Crippen molar-refractivity contribution in [1.29, 1.82) is 0 Å². The molecule has 0 N–H and O–H groups in total. The SMILES string of the molecule is Cc1ccc(C2(Cn3c4c(c5cc(Cl)ccc53)C3CCC(C4)N3C)OCCO2)cn1. The Kier molecular flexibility index (Phi) is 4.26. The first-order valence-electron chi connectivity index (χ1n) is 10.8. The third-order valence-corrected chi connectivity index (χ3v) is 7.49. The summed E-state index contributed by atoms with van der Waals surface area (Å²) in [6.07, 6.45) is 5.40. The summed E-state index contributed by atoms with van der Waals surface area (Å²) in [5.74, 6) is -0.803. The molecule has 30 heavy (non-hydrogen) atoms. The number of ether oxygens (including phenoxy) is 2. The van der Waals surface area contributed by atoms with Gasteiger partial charge in [-0.2, -0.15) is 0 Å². The Bertz CT molecular complexity index is 1120. The van der Waals surface area contributed by atoms with Crippen LogP contribution in [0.2, 0.25) is 5.02 Å². The molecule has 0 radical (unpaired) electrons. The molecule has 3 aliphatic heterocycles. The predicted molar refractivity (Wildman–Crippen MR) is 117 cm³/mol. The maximum absolute atomic E-state index is 6.44. The van der Waals surface area contributed by atoms with Crippen LogP contribution >= 0.6 is 11.6 Å². The van der Waals surface area contributed by atoms with Gasteiger partial charge in [0.25, 0.3) is 0 Å². The molecule has 0 saturated carbocycles. The number of hydrogen-bond donors (Lipinski definition) is 0. The molecule has 5 heterocycles. The summed E-state index contributed by atoms with van der Waals surface area (Å²) in [4.78, 5) is 7.06. The van der Waals surface area contributed by atoms with Gasteiger partial charge in [-0.25, -0.2) is 0 Å². The van der Waals surface area contributed by atoms with E-state index in [9.17, 15) is 0 Å². The zero-order valence-corrected chi connectivity index (χ0v) is 18.2. The lowest BCUT2D eigenvalue weighted by molar-refractivity contribution is -0.176. The van der Waals surface area contributed by atoms with Crippen molar-refractivity contribution in [3.05, 3.63) is 64.1 Å². The van der Waals surface area contributed by atoms with Crippen LogP contribution in [0.4, 0.5) is 0 Å². The van der Waals surface area contributed by atoms with Gasteiger partial charge >= 0.3 is 0 Å². The Balaban J connectivity index is 1.53. The highest BCUT2D eigenvalue weighted by molar-refractivity contribution is 6.31. The number of likely N-dealkylation sites (N-methyl/N-ethyl adjacent to an activating group) is 1. The largest absolute Gasteiger partial charge is 0.342 e. The van der Waals surface area contributed by atoms with Crippen molar-refractivity contribution in [3.8, 4) is 0 Å². The van der Waals surface area contributed by atoms with Gasteiger partial charge < -0.3 is 14.0 Å². The number of pyridine rings is 1. The lowest BCUT2D eigenvalue weighted by atomic mass is 9.97. The molecule has 2 bridgehead atoms. The van der Waals surface area contributed by atoms with Crippen LogP contribution in [0.15, 0.2) is 36.5 Å². The lowest BCUT2D eigenvalue weighted by Gasteiger charge is -2.34. The zero-order chi connectivity index (χ0) is 20.5. The molecule has 0 aliphatic carbocycles. The molecule has 2 unspecified atom stereocenters. The first-order valence-corrected chi connectivity index (χ1v) is 11.2. The van der Waals surface area contributed by atoms with Gasteiger partial charge in [0.15, 0.2) is 0 Å². The maximum Gasteiger partial charge on any atom is 0.215 e. The fraction of sp³-hybridized carbons (Fsp3) is 0.458. The van der Waals surface area contributed by atoms with Crippen LogP contribution in [-0.4, -0.2) is 40.8 Å². The second-order valence-corrected chi connectivity index (χ2v) is 9.30. The molecule has 0 spiro atoms. The van der Waals surface area contributed by atoms with Crippen molar-refractivity contribution >= 4 is 22.5 Å². The van der Waals surface area contributed by atoms with E-state index in [2.05, 4.69) is 39.7 Å². The summed E-state index contributed by atoms with van der Waals surface area (Å²) in [6.45, 7) is 3.80. The Morgan fingerprint density at radius 3 is 2.77 bits per heavy atom. The zero-order valence-electron chi connectivity index (χ0n) is 17.4. The van der Waals surface area contributed by atoms with Gasteiger partial charge in [0, 0.05) is 57.6 Å². The molecule has 5 nitrogen and oxygen atoms in total. The number of fused-ring (bicyclic) bond motifs is 6. The number of rotatable bonds is 3. The Labute approximate surface area is 181 Å². The van der Waals surface area contributed by atoms with Crippen molar-refractivity contribution < 1.29 is 9.47 Å². The Morgan fingerprint density at radius 2 is 2.00 bits per heavy atom. The van der Waals surface area contributed by atoms with Crippen LogP contribution in [-0.2, 0) is 28.2 Å². The van der Waals surface area contributed by atoms with Gasteiger partial charge in [0.05, 0.1) is 19.8 Å². The lowest BCUT2D eigenvalue weighted by Crippen LogP contribution is -2.37. The van der Waals surface area contributed by atoms with Crippen LogP contribution in [0.3, 0.4) is 0 Å². The molecular formula is C24H26ClN3O2. The predicted octanol–water partition coefficient (Wildman–Crippen LogP) is 4.59. The van der Waals surface area contributed by atoms with Crippen molar-refractivity contribution in [3.63, 3.8) is 0 Å². The van der Waals surface area contributed by atoms with E-state index in [0.29, 0.717) is 31.8 Å². The molecule has 2 saturated heterocycles. The number of aromatic nitrogens is 2. The van der Waals surface area contributed by atoms with E-state index in [-0.39, 0.29) is 0 Å². The average Bonchev–Trinajstić information content (AvgIpc) is 3.38. The second-order valence-electron chi connectivity index (χ2n) is 8.86. The van der Waals surface area contributed by atoms with Crippen LogP contribution in [0, 0.1) is 6.92 Å². The summed E-state index contributed by atoms with van der Waals surface area (Å²) in [7, 11) is 2.27. The van der Waals surface area contributed by atoms with E-state index in [1.54, 1.807) is 0 Å². The molecule has 2 aromatic heterocycles. The molecule has 3 aliphatic rings. The third-order valence-electron chi connectivity index (χ3n) is 7.25. The fourth-order valence-corrected chi connectivity index (χ4v) is 5.88. The van der Waals surface area contributed by atoms with Crippen molar-refractivity contribution in [2.45, 2.75) is 50.6 Å². The summed E-state index contributed by atoms with van der Waals surface area (Å²) in [5.41, 5.74) is 6.04. The fourth-order valence-electron chi connectivity index (χ4n) is 5.71. The minimum atomic E-state index is -0.803. The van der Waals surface area contributed by atoms with Crippen molar-refractivity contribution in [2.24, 2.45) is 0 Å². The quantitative estimate of drug-likeness (QED) is 0.617.